The molecule has 0 atom stereocenters. The third kappa shape index (κ3) is 1.78. The Morgan fingerprint density at radius 1 is 0.333 bits per heavy atom. The molecule has 3 aromatic rings. The molecule has 0 saturated heterocycles. The summed E-state index contributed by atoms with van der Waals surface area (Å²) in [5.41, 5.74) is -1.06. The number of halogens is 9. The molecule has 0 amide bonds. The molecule has 0 nitrogen and oxygen atoms in total. The van der Waals surface area contributed by atoms with Crippen molar-refractivity contribution in [3.63, 3.8) is 0 Å². The molecule has 0 radical (unpaired) electrons. The molecule has 0 fully saturated rings. The van der Waals surface area contributed by atoms with Crippen LogP contribution in [0.15, 0.2) is 0 Å². The summed E-state index contributed by atoms with van der Waals surface area (Å²) >= 11 is 0. The number of fused-ring (bicyclic) bond motifs is 3. The van der Waals surface area contributed by atoms with E-state index in [1.165, 1.54) is 0 Å². The Morgan fingerprint density at radius 2 is 0.625 bits per heavy atom. The van der Waals surface area contributed by atoms with Gasteiger partial charge in [0.2, 0.25) is 0 Å². The molecule has 0 heterocycles. The van der Waals surface area contributed by atoms with Gasteiger partial charge >= 0.3 is 0 Å². The van der Waals surface area contributed by atoms with E-state index in [2.05, 4.69) is 0 Å². The molecule has 24 heavy (non-hydrogen) atoms. The second-order valence-electron chi connectivity index (χ2n) is 4.95. The first kappa shape index (κ1) is 16.4. The number of hydrogen-bond acceptors (Lipinski definition) is 0. The van der Waals surface area contributed by atoms with Crippen LogP contribution in [-0.2, 0) is 0 Å². The van der Waals surface area contributed by atoms with Gasteiger partial charge in [0.15, 0.2) is 46.5 Å². The van der Waals surface area contributed by atoms with Gasteiger partial charge in [-0.1, -0.05) is 0 Å². The van der Waals surface area contributed by atoms with Gasteiger partial charge < -0.3 is 0 Å². The lowest BCUT2D eigenvalue weighted by Crippen LogP contribution is -2.07. The van der Waals surface area contributed by atoms with Crippen LogP contribution in [0.4, 0.5) is 39.5 Å². The lowest BCUT2D eigenvalue weighted by molar-refractivity contribution is 0.415. The molecule has 126 valence electrons. The standard InChI is InChI=1S/C15H3F9/c1-2-7(16)3-4-6(13(22)15(24)14(23)9(4)18)12(21)11(20)5(3)10(19)8(2)17/h1H3. The fourth-order valence-corrected chi connectivity index (χ4v) is 2.51. The van der Waals surface area contributed by atoms with Crippen molar-refractivity contribution in [2.75, 3.05) is 0 Å². The molecular formula is C15H3F9. The first-order valence-electron chi connectivity index (χ1n) is 6.20. The van der Waals surface area contributed by atoms with Crippen LogP contribution in [0.2, 0.25) is 0 Å². The number of rotatable bonds is 0. The Labute approximate surface area is 127 Å². The molecule has 0 aromatic heterocycles. The molecule has 0 N–H and O–H groups in total. The molecule has 0 aliphatic rings. The smallest absolute Gasteiger partial charge is 0.198 e. The van der Waals surface area contributed by atoms with E-state index in [1.54, 1.807) is 0 Å². The van der Waals surface area contributed by atoms with Crippen LogP contribution >= 0.6 is 0 Å². The monoisotopic (exact) mass is 354 g/mol. The summed E-state index contributed by atoms with van der Waals surface area (Å²) in [5, 5.41) is -6.43. The summed E-state index contributed by atoms with van der Waals surface area (Å²) in [7, 11) is 0. The molecule has 0 spiro atoms. The Kier molecular flexibility index (Phi) is 3.43. The summed E-state index contributed by atoms with van der Waals surface area (Å²) < 4.78 is 124. The predicted octanol–water partition coefficient (Wildman–Crippen LogP) is 5.55. The van der Waals surface area contributed by atoms with Crippen molar-refractivity contribution >= 4 is 21.5 Å². The van der Waals surface area contributed by atoms with Crippen molar-refractivity contribution < 1.29 is 39.5 Å². The Balaban J connectivity index is 2.87. The highest BCUT2D eigenvalue weighted by Gasteiger charge is 2.31. The lowest BCUT2D eigenvalue weighted by atomic mass is 9.96. The van der Waals surface area contributed by atoms with Gasteiger partial charge in [0.05, 0.1) is 10.8 Å². The van der Waals surface area contributed by atoms with Crippen LogP contribution in [0.3, 0.4) is 0 Å². The van der Waals surface area contributed by atoms with Gasteiger partial charge in [-0.05, 0) is 6.92 Å². The first-order valence-corrected chi connectivity index (χ1v) is 6.20. The van der Waals surface area contributed by atoms with Crippen LogP contribution < -0.4 is 0 Å². The summed E-state index contributed by atoms with van der Waals surface area (Å²) in [6.45, 7) is 0.689. The third-order valence-corrected chi connectivity index (χ3v) is 3.69. The molecule has 3 aromatic carbocycles. The summed E-state index contributed by atoms with van der Waals surface area (Å²) in [6, 6.07) is 0. The zero-order valence-corrected chi connectivity index (χ0v) is 11.4. The molecule has 3 rings (SSSR count). The normalized spacial score (nSPS) is 11.8. The fourth-order valence-electron chi connectivity index (χ4n) is 2.51. The topological polar surface area (TPSA) is 0 Å². The average molecular weight is 354 g/mol. The van der Waals surface area contributed by atoms with E-state index >= 15 is 0 Å². The van der Waals surface area contributed by atoms with E-state index in [0.29, 0.717) is 6.92 Å². The van der Waals surface area contributed by atoms with Gasteiger partial charge in [0.1, 0.15) is 5.82 Å². The van der Waals surface area contributed by atoms with E-state index in [0.717, 1.165) is 0 Å². The van der Waals surface area contributed by atoms with Gasteiger partial charge in [0.25, 0.3) is 0 Å². The van der Waals surface area contributed by atoms with E-state index in [-0.39, 0.29) is 0 Å². The maximum atomic E-state index is 14.2. The zero-order chi connectivity index (χ0) is 18.1. The van der Waals surface area contributed by atoms with Crippen molar-refractivity contribution in [1.82, 2.24) is 0 Å². The Bertz CT molecular complexity index is 969. The SMILES string of the molecule is Cc1c(F)c(F)c2c(F)c(F)c3c(F)c(F)c(F)c(F)c3c2c1F. The van der Waals surface area contributed by atoms with Crippen molar-refractivity contribution in [1.29, 1.82) is 0 Å². The van der Waals surface area contributed by atoms with E-state index in [4.69, 9.17) is 0 Å². The van der Waals surface area contributed by atoms with Crippen LogP contribution in [0.5, 0.6) is 0 Å². The minimum Gasteiger partial charge on any atom is -0.206 e. The summed E-state index contributed by atoms with van der Waals surface area (Å²) in [6.07, 6.45) is 0. The molecule has 0 unspecified atom stereocenters. The van der Waals surface area contributed by atoms with Crippen molar-refractivity contribution in [3.05, 3.63) is 57.9 Å². The molecule has 9 heteroatoms. The Hall–Kier alpha value is -2.45. The van der Waals surface area contributed by atoms with Gasteiger partial charge in [0, 0.05) is 16.3 Å². The van der Waals surface area contributed by atoms with Crippen LogP contribution in [-0.4, -0.2) is 0 Å². The second-order valence-corrected chi connectivity index (χ2v) is 4.95. The van der Waals surface area contributed by atoms with Crippen molar-refractivity contribution in [2.45, 2.75) is 6.92 Å². The third-order valence-electron chi connectivity index (χ3n) is 3.69. The van der Waals surface area contributed by atoms with Gasteiger partial charge in [-0.3, -0.25) is 0 Å². The lowest BCUT2D eigenvalue weighted by Gasteiger charge is -2.14. The largest absolute Gasteiger partial charge is 0.206 e. The molecule has 0 aliphatic carbocycles. The number of hydrogen-bond donors (Lipinski definition) is 0. The first-order chi connectivity index (χ1) is 11.1. The van der Waals surface area contributed by atoms with E-state index in [1.807, 2.05) is 0 Å². The fraction of sp³-hybridized carbons (Fsp3) is 0.0667. The highest BCUT2D eigenvalue weighted by atomic mass is 19.2. The highest BCUT2D eigenvalue weighted by molar-refractivity contribution is 6.09. The van der Waals surface area contributed by atoms with Gasteiger partial charge in [-0.15, -0.1) is 0 Å². The van der Waals surface area contributed by atoms with Gasteiger partial charge in [-0.2, -0.15) is 0 Å². The minimum absolute atomic E-state index is 0.689. The maximum absolute atomic E-state index is 14.2. The van der Waals surface area contributed by atoms with Crippen molar-refractivity contribution in [3.8, 4) is 0 Å². The molecular weight excluding hydrogens is 351 g/mol. The molecule has 0 bridgehead atoms. The second kappa shape index (κ2) is 5.02. The van der Waals surface area contributed by atoms with Crippen LogP contribution in [0.1, 0.15) is 5.56 Å². The molecule has 0 saturated carbocycles. The highest BCUT2D eigenvalue weighted by Crippen LogP contribution is 2.40. The zero-order valence-electron chi connectivity index (χ0n) is 11.4. The van der Waals surface area contributed by atoms with Crippen LogP contribution in [0.25, 0.3) is 21.5 Å². The average Bonchev–Trinajstić information content (AvgIpc) is 2.56. The summed E-state index contributed by atoms with van der Waals surface area (Å²) in [4.78, 5) is 0. The quantitative estimate of drug-likeness (QED) is 0.215. The number of benzene rings is 3. The van der Waals surface area contributed by atoms with Crippen molar-refractivity contribution in [2.24, 2.45) is 0 Å². The van der Waals surface area contributed by atoms with E-state index in [9.17, 15) is 39.5 Å². The summed E-state index contributed by atoms with van der Waals surface area (Å²) in [5.74, 6) is -19.8. The molecule has 0 aliphatic heterocycles. The maximum Gasteiger partial charge on any atom is 0.198 e. The Morgan fingerprint density at radius 3 is 1.08 bits per heavy atom. The minimum atomic E-state index is -2.46. The van der Waals surface area contributed by atoms with Crippen LogP contribution in [0, 0.1) is 59.3 Å². The van der Waals surface area contributed by atoms with E-state index < -0.39 is 79.5 Å². The van der Waals surface area contributed by atoms with Gasteiger partial charge in [-0.25, -0.2) is 39.5 Å². The predicted molar refractivity (Wildman–Crippen MR) is 65.8 cm³/mol.